The summed E-state index contributed by atoms with van der Waals surface area (Å²) in [5.74, 6) is -0.668. The predicted octanol–water partition coefficient (Wildman–Crippen LogP) is 1.88. The first-order valence-electron chi connectivity index (χ1n) is 9.20. The number of amides is 1. The van der Waals surface area contributed by atoms with E-state index in [4.69, 9.17) is 9.84 Å². The molecule has 1 aliphatic carbocycles. The third-order valence-corrected chi connectivity index (χ3v) is 5.16. The number of hydrogen-bond donors (Lipinski definition) is 2. The van der Waals surface area contributed by atoms with Crippen LogP contribution in [0.5, 0.6) is 0 Å². The summed E-state index contributed by atoms with van der Waals surface area (Å²) in [6.07, 6.45) is 3.08. The molecule has 1 heterocycles. The zero-order valence-corrected chi connectivity index (χ0v) is 15.3. The van der Waals surface area contributed by atoms with Gasteiger partial charge in [0.15, 0.2) is 0 Å². The van der Waals surface area contributed by atoms with Crippen molar-refractivity contribution < 1.29 is 19.4 Å². The van der Waals surface area contributed by atoms with Gasteiger partial charge in [-0.3, -0.25) is 14.5 Å². The molecule has 2 aliphatic rings. The van der Waals surface area contributed by atoms with Crippen molar-refractivity contribution in [3.8, 4) is 0 Å². The molecule has 6 nitrogen and oxygen atoms in total. The molecule has 3 unspecified atom stereocenters. The molecule has 2 fully saturated rings. The summed E-state index contributed by atoms with van der Waals surface area (Å²) in [5, 5.41) is 12.3. The highest BCUT2D eigenvalue weighted by Crippen LogP contribution is 2.25. The fourth-order valence-corrected chi connectivity index (χ4v) is 4.11. The Morgan fingerprint density at radius 3 is 2.08 bits per heavy atom. The van der Waals surface area contributed by atoms with Crippen LogP contribution in [0.1, 0.15) is 53.4 Å². The summed E-state index contributed by atoms with van der Waals surface area (Å²) < 4.78 is 5.78. The highest BCUT2D eigenvalue weighted by molar-refractivity contribution is 5.82. The molecule has 0 radical (unpaired) electrons. The fraction of sp³-hybridized carbons (Fsp3) is 0.889. The maximum atomic E-state index is 12.9. The van der Waals surface area contributed by atoms with Crippen molar-refractivity contribution in [2.45, 2.75) is 77.7 Å². The minimum absolute atomic E-state index is 0.0741. The van der Waals surface area contributed by atoms with Gasteiger partial charge in [0.25, 0.3) is 0 Å². The Bertz CT molecular complexity index is 436. The van der Waals surface area contributed by atoms with Gasteiger partial charge in [0.1, 0.15) is 0 Å². The van der Waals surface area contributed by atoms with Crippen LogP contribution in [0.25, 0.3) is 0 Å². The molecule has 6 heteroatoms. The van der Waals surface area contributed by atoms with Crippen molar-refractivity contribution >= 4 is 11.9 Å². The number of aliphatic carboxylic acids is 1. The molecule has 24 heavy (non-hydrogen) atoms. The maximum absolute atomic E-state index is 12.9. The normalized spacial score (nSPS) is 33.2. The molecular weight excluding hydrogens is 308 g/mol. The molecular formula is C18H32N2O4. The highest BCUT2D eigenvalue weighted by atomic mass is 16.5. The van der Waals surface area contributed by atoms with Gasteiger partial charge >= 0.3 is 5.97 Å². The Labute approximate surface area is 144 Å². The second-order valence-corrected chi connectivity index (χ2v) is 7.80. The van der Waals surface area contributed by atoms with E-state index in [1.54, 1.807) is 0 Å². The number of carbonyl (C=O) groups is 2. The first-order chi connectivity index (χ1) is 11.3. The average Bonchev–Trinajstić information content (AvgIpc) is 2.46. The Balaban J connectivity index is 1.93. The van der Waals surface area contributed by atoms with E-state index in [1.165, 1.54) is 0 Å². The number of ether oxygens (including phenoxy) is 1. The van der Waals surface area contributed by atoms with E-state index in [-0.39, 0.29) is 42.0 Å². The SMILES string of the molecule is CC1CN(C(C(=O)NC2CCC(C(=O)O)CC2)C(C)C)CC(C)O1. The molecule has 0 bridgehead atoms. The van der Waals surface area contributed by atoms with Gasteiger partial charge in [-0.1, -0.05) is 13.8 Å². The van der Waals surface area contributed by atoms with Gasteiger partial charge in [-0.25, -0.2) is 0 Å². The largest absolute Gasteiger partial charge is 0.481 e. The average molecular weight is 340 g/mol. The van der Waals surface area contributed by atoms with Crippen molar-refractivity contribution in [3.05, 3.63) is 0 Å². The van der Waals surface area contributed by atoms with Crippen LogP contribution in [0.4, 0.5) is 0 Å². The third-order valence-electron chi connectivity index (χ3n) is 5.16. The molecule has 3 atom stereocenters. The van der Waals surface area contributed by atoms with Crippen LogP contribution in [0.2, 0.25) is 0 Å². The molecule has 2 N–H and O–H groups in total. The number of nitrogens with one attached hydrogen (secondary N) is 1. The Kier molecular flexibility index (Phi) is 6.63. The van der Waals surface area contributed by atoms with E-state index in [9.17, 15) is 9.59 Å². The first-order valence-corrected chi connectivity index (χ1v) is 9.20. The predicted molar refractivity (Wildman–Crippen MR) is 91.7 cm³/mol. The molecule has 1 saturated heterocycles. The minimum Gasteiger partial charge on any atom is -0.481 e. The minimum atomic E-state index is -0.712. The summed E-state index contributed by atoms with van der Waals surface area (Å²) in [7, 11) is 0. The second kappa shape index (κ2) is 8.30. The first kappa shape index (κ1) is 19.2. The summed E-state index contributed by atoms with van der Waals surface area (Å²) >= 11 is 0. The third kappa shape index (κ3) is 4.93. The lowest BCUT2D eigenvalue weighted by atomic mass is 9.86. The maximum Gasteiger partial charge on any atom is 0.306 e. The van der Waals surface area contributed by atoms with Crippen molar-refractivity contribution in [1.82, 2.24) is 10.2 Å². The molecule has 138 valence electrons. The number of rotatable bonds is 5. The van der Waals surface area contributed by atoms with Gasteiger partial charge in [-0.2, -0.15) is 0 Å². The van der Waals surface area contributed by atoms with E-state index in [0.717, 1.165) is 25.9 Å². The van der Waals surface area contributed by atoms with Crippen LogP contribution in [-0.4, -0.2) is 59.3 Å². The Hall–Kier alpha value is -1.14. The van der Waals surface area contributed by atoms with E-state index in [0.29, 0.717) is 12.8 Å². The summed E-state index contributed by atoms with van der Waals surface area (Å²) in [5.41, 5.74) is 0. The second-order valence-electron chi connectivity index (χ2n) is 7.80. The lowest BCUT2D eigenvalue weighted by molar-refractivity contribution is -0.142. The van der Waals surface area contributed by atoms with Crippen LogP contribution < -0.4 is 5.32 Å². The van der Waals surface area contributed by atoms with Gasteiger partial charge in [-0.05, 0) is 45.4 Å². The molecule has 1 amide bonds. The standard InChI is InChI=1S/C18H32N2O4/c1-11(2)16(20-9-12(3)24-13(4)10-20)17(21)19-15-7-5-14(6-8-15)18(22)23/h11-16H,5-10H2,1-4H3,(H,19,21)(H,22,23). The molecule has 0 aromatic heterocycles. The number of carboxylic acid groups (broad SMARTS) is 1. The number of morpholine rings is 1. The van der Waals surface area contributed by atoms with E-state index in [2.05, 4.69) is 24.1 Å². The number of carbonyl (C=O) groups excluding carboxylic acids is 1. The number of hydrogen-bond acceptors (Lipinski definition) is 4. The van der Waals surface area contributed by atoms with Gasteiger partial charge in [0.05, 0.1) is 24.2 Å². The van der Waals surface area contributed by atoms with Crippen LogP contribution in [0.3, 0.4) is 0 Å². The fourth-order valence-electron chi connectivity index (χ4n) is 4.11. The van der Waals surface area contributed by atoms with Crippen LogP contribution in [0.15, 0.2) is 0 Å². The van der Waals surface area contributed by atoms with E-state index < -0.39 is 5.97 Å². The summed E-state index contributed by atoms with van der Waals surface area (Å²) in [4.78, 5) is 26.2. The summed E-state index contributed by atoms with van der Waals surface area (Å²) in [6.45, 7) is 9.79. The molecule has 0 aromatic carbocycles. The lowest BCUT2D eigenvalue weighted by Gasteiger charge is -2.41. The monoisotopic (exact) mass is 340 g/mol. The van der Waals surface area contributed by atoms with Crippen molar-refractivity contribution in [2.75, 3.05) is 13.1 Å². The van der Waals surface area contributed by atoms with E-state index in [1.807, 2.05) is 13.8 Å². The number of carboxylic acids is 1. The van der Waals surface area contributed by atoms with Crippen LogP contribution in [0, 0.1) is 11.8 Å². The zero-order valence-electron chi connectivity index (χ0n) is 15.3. The van der Waals surface area contributed by atoms with Crippen molar-refractivity contribution in [3.63, 3.8) is 0 Å². The molecule has 0 spiro atoms. The Morgan fingerprint density at radius 2 is 1.62 bits per heavy atom. The van der Waals surface area contributed by atoms with Crippen molar-refractivity contribution in [1.29, 1.82) is 0 Å². The molecule has 0 aromatic rings. The lowest BCUT2D eigenvalue weighted by Crippen LogP contribution is -2.58. The number of nitrogens with zero attached hydrogens (tertiary/aromatic N) is 1. The summed E-state index contributed by atoms with van der Waals surface area (Å²) in [6, 6.07) is -0.0544. The quantitative estimate of drug-likeness (QED) is 0.799. The topological polar surface area (TPSA) is 78.9 Å². The highest BCUT2D eigenvalue weighted by Gasteiger charge is 2.35. The van der Waals surface area contributed by atoms with Gasteiger partial charge in [0.2, 0.25) is 5.91 Å². The van der Waals surface area contributed by atoms with Gasteiger partial charge in [0, 0.05) is 19.1 Å². The Morgan fingerprint density at radius 1 is 1.08 bits per heavy atom. The van der Waals surface area contributed by atoms with Crippen LogP contribution in [-0.2, 0) is 14.3 Å². The zero-order chi connectivity index (χ0) is 17.9. The molecule has 1 aliphatic heterocycles. The smallest absolute Gasteiger partial charge is 0.306 e. The van der Waals surface area contributed by atoms with Gasteiger partial charge < -0.3 is 15.2 Å². The van der Waals surface area contributed by atoms with Gasteiger partial charge in [-0.15, -0.1) is 0 Å². The van der Waals surface area contributed by atoms with E-state index >= 15 is 0 Å². The molecule has 2 rings (SSSR count). The molecule has 1 saturated carbocycles. The van der Waals surface area contributed by atoms with Crippen LogP contribution >= 0.6 is 0 Å². The van der Waals surface area contributed by atoms with Crippen molar-refractivity contribution in [2.24, 2.45) is 11.8 Å².